The Labute approximate surface area is 68.3 Å². The van der Waals surface area contributed by atoms with Crippen LogP contribution in [0.4, 0.5) is 4.39 Å². The van der Waals surface area contributed by atoms with Gasteiger partial charge in [0.1, 0.15) is 0 Å². The van der Waals surface area contributed by atoms with E-state index in [4.69, 9.17) is 10.2 Å². The summed E-state index contributed by atoms with van der Waals surface area (Å²) in [5, 5.41) is 16.5. The van der Waals surface area contributed by atoms with Gasteiger partial charge in [-0.05, 0) is 19.4 Å². The lowest BCUT2D eigenvalue weighted by Gasteiger charge is -2.05. The SMILES string of the molecule is CC(=C(F)C(=O)O)C(C)C(=O)O. The highest BCUT2D eigenvalue weighted by Gasteiger charge is 2.20. The van der Waals surface area contributed by atoms with Gasteiger partial charge in [-0.2, -0.15) is 4.39 Å². The molecule has 0 aliphatic carbocycles. The number of rotatable bonds is 3. The maximum absolute atomic E-state index is 12.5. The number of hydrogen-bond acceptors (Lipinski definition) is 2. The molecule has 0 spiro atoms. The van der Waals surface area contributed by atoms with E-state index in [0.717, 1.165) is 6.92 Å². The predicted molar refractivity (Wildman–Crippen MR) is 38.2 cm³/mol. The van der Waals surface area contributed by atoms with Crippen LogP contribution in [-0.4, -0.2) is 22.2 Å². The van der Waals surface area contributed by atoms with Crippen LogP contribution in [0.5, 0.6) is 0 Å². The number of carboxylic acids is 2. The minimum Gasteiger partial charge on any atom is -0.481 e. The molecule has 0 aromatic carbocycles. The first-order valence-corrected chi connectivity index (χ1v) is 3.20. The van der Waals surface area contributed by atoms with Gasteiger partial charge in [-0.1, -0.05) is 0 Å². The van der Waals surface area contributed by atoms with Crippen molar-refractivity contribution < 1.29 is 24.2 Å². The summed E-state index contributed by atoms with van der Waals surface area (Å²) in [5.41, 5.74) is -0.282. The molecule has 12 heavy (non-hydrogen) atoms. The van der Waals surface area contributed by atoms with Crippen LogP contribution in [0.1, 0.15) is 13.8 Å². The van der Waals surface area contributed by atoms with E-state index in [2.05, 4.69) is 0 Å². The van der Waals surface area contributed by atoms with Crippen molar-refractivity contribution in [2.75, 3.05) is 0 Å². The fourth-order valence-electron chi connectivity index (χ4n) is 0.544. The van der Waals surface area contributed by atoms with E-state index >= 15 is 0 Å². The Morgan fingerprint density at radius 1 is 1.33 bits per heavy atom. The molecule has 0 fully saturated rings. The van der Waals surface area contributed by atoms with E-state index < -0.39 is 23.7 Å². The molecule has 0 bridgehead atoms. The smallest absolute Gasteiger partial charge is 0.364 e. The Morgan fingerprint density at radius 2 is 1.75 bits per heavy atom. The summed E-state index contributed by atoms with van der Waals surface area (Å²) in [7, 11) is 0. The van der Waals surface area contributed by atoms with Crippen molar-refractivity contribution in [3.8, 4) is 0 Å². The molecule has 68 valence electrons. The third-order valence-electron chi connectivity index (χ3n) is 1.55. The zero-order valence-electron chi connectivity index (χ0n) is 6.67. The summed E-state index contributed by atoms with van der Waals surface area (Å²) in [5.74, 6) is -5.49. The second-order valence-electron chi connectivity index (χ2n) is 2.36. The fourth-order valence-corrected chi connectivity index (χ4v) is 0.544. The molecule has 0 heterocycles. The first-order chi connectivity index (χ1) is 5.37. The predicted octanol–water partition coefficient (Wildman–Crippen LogP) is 1.04. The first kappa shape index (κ1) is 10.6. The highest BCUT2D eigenvalue weighted by Crippen LogP contribution is 2.15. The van der Waals surface area contributed by atoms with Crippen molar-refractivity contribution in [1.82, 2.24) is 0 Å². The van der Waals surface area contributed by atoms with Crippen LogP contribution in [0, 0.1) is 5.92 Å². The molecular formula is C7H9FO4. The van der Waals surface area contributed by atoms with Crippen molar-refractivity contribution in [2.24, 2.45) is 5.92 Å². The van der Waals surface area contributed by atoms with E-state index in [-0.39, 0.29) is 5.57 Å². The zero-order chi connectivity index (χ0) is 9.89. The summed E-state index contributed by atoms with van der Waals surface area (Å²) < 4.78 is 12.5. The summed E-state index contributed by atoms with van der Waals surface area (Å²) in [6.45, 7) is 2.36. The molecule has 0 amide bonds. The second kappa shape index (κ2) is 3.85. The first-order valence-electron chi connectivity index (χ1n) is 3.20. The van der Waals surface area contributed by atoms with Crippen LogP contribution in [0.3, 0.4) is 0 Å². The Kier molecular flexibility index (Phi) is 3.40. The van der Waals surface area contributed by atoms with Gasteiger partial charge in [0.2, 0.25) is 5.83 Å². The standard InChI is InChI=1S/C7H9FO4/c1-3(4(2)6(9)10)5(8)7(11)12/h4H,1-2H3,(H,9,10)(H,11,12). The van der Waals surface area contributed by atoms with Crippen LogP contribution in [0.25, 0.3) is 0 Å². The average Bonchev–Trinajstić information content (AvgIpc) is 2.00. The van der Waals surface area contributed by atoms with Crippen LogP contribution in [0.2, 0.25) is 0 Å². The zero-order valence-corrected chi connectivity index (χ0v) is 6.67. The third kappa shape index (κ3) is 2.34. The Bertz CT molecular complexity index is 244. The summed E-state index contributed by atoms with van der Waals surface area (Å²) in [6.07, 6.45) is 0. The molecule has 4 nitrogen and oxygen atoms in total. The van der Waals surface area contributed by atoms with E-state index in [0.29, 0.717) is 0 Å². The topological polar surface area (TPSA) is 74.6 Å². The maximum atomic E-state index is 12.5. The lowest BCUT2D eigenvalue weighted by Crippen LogP contribution is -2.13. The molecule has 1 atom stereocenters. The van der Waals surface area contributed by atoms with Gasteiger partial charge in [-0.3, -0.25) is 4.79 Å². The van der Waals surface area contributed by atoms with Gasteiger partial charge in [0.05, 0.1) is 5.92 Å². The summed E-state index contributed by atoms with van der Waals surface area (Å²) >= 11 is 0. The van der Waals surface area contributed by atoms with Gasteiger partial charge < -0.3 is 10.2 Å². The monoisotopic (exact) mass is 176 g/mol. The van der Waals surface area contributed by atoms with Gasteiger partial charge >= 0.3 is 11.9 Å². The van der Waals surface area contributed by atoms with Gasteiger partial charge in [0.15, 0.2) is 0 Å². The van der Waals surface area contributed by atoms with E-state index in [9.17, 15) is 14.0 Å². The van der Waals surface area contributed by atoms with Gasteiger partial charge in [-0.25, -0.2) is 4.79 Å². The maximum Gasteiger partial charge on any atom is 0.364 e. The van der Waals surface area contributed by atoms with E-state index in [1.807, 2.05) is 0 Å². The number of halogens is 1. The van der Waals surface area contributed by atoms with Crippen molar-refractivity contribution >= 4 is 11.9 Å². The second-order valence-corrected chi connectivity index (χ2v) is 2.36. The number of aliphatic carboxylic acids is 2. The van der Waals surface area contributed by atoms with Crippen molar-refractivity contribution in [3.05, 3.63) is 11.4 Å². The minimum atomic E-state index is -1.74. The molecule has 0 aromatic rings. The van der Waals surface area contributed by atoms with Gasteiger partial charge in [-0.15, -0.1) is 0 Å². The summed E-state index contributed by atoms with van der Waals surface area (Å²) in [4.78, 5) is 20.3. The lowest BCUT2D eigenvalue weighted by atomic mass is 10.0. The highest BCUT2D eigenvalue weighted by atomic mass is 19.1. The molecular weight excluding hydrogens is 167 g/mol. The molecule has 0 saturated heterocycles. The molecule has 0 radical (unpaired) electrons. The van der Waals surface area contributed by atoms with Crippen LogP contribution < -0.4 is 0 Å². The van der Waals surface area contributed by atoms with Crippen LogP contribution in [-0.2, 0) is 9.59 Å². The van der Waals surface area contributed by atoms with Crippen molar-refractivity contribution in [3.63, 3.8) is 0 Å². The van der Waals surface area contributed by atoms with Crippen LogP contribution >= 0.6 is 0 Å². The Morgan fingerprint density at radius 3 is 2.00 bits per heavy atom. The molecule has 5 heteroatoms. The fraction of sp³-hybridized carbons (Fsp3) is 0.429. The molecule has 0 aliphatic rings. The quantitative estimate of drug-likeness (QED) is 0.630. The van der Waals surface area contributed by atoms with Gasteiger partial charge in [0, 0.05) is 0 Å². The third-order valence-corrected chi connectivity index (χ3v) is 1.55. The van der Waals surface area contributed by atoms with Crippen LogP contribution in [0.15, 0.2) is 11.4 Å². The Balaban J connectivity index is 4.78. The number of carbonyl (C=O) groups is 2. The van der Waals surface area contributed by atoms with Crippen molar-refractivity contribution in [1.29, 1.82) is 0 Å². The van der Waals surface area contributed by atoms with Gasteiger partial charge in [0.25, 0.3) is 0 Å². The normalized spacial score (nSPS) is 14.9. The van der Waals surface area contributed by atoms with E-state index in [1.165, 1.54) is 6.92 Å². The largest absolute Gasteiger partial charge is 0.481 e. The Hall–Kier alpha value is -1.39. The molecule has 0 rings (SSSR count). The number of hydrogen-bond donors (Lipinski definition) is 2. The van der Waals surface area contributed by atoms with Crippen molar-refractivity contribution in [2.45, 2.75) is 13.8 Å². The number of carboxylic acid groups (broad SMARTS) is 2. The highest BCUT2D eigenvalue weighted by molar-refractivity contribution is 5.86. The molecule has 1 unspecified atom stereocenters. The minimum absolute atomic E-state index is 0.282. The van der Waals surface area contributed by atoms with E-state index in [1.54, 1.807) is 0 Å². The molecule has 0 saturated carbocycles. The average molecular weight is 176 g/mol. The molecule has 2 N–H and O–H groups in total. The molecule has 0 aromatic heterocycles. The molecule has 0 aliphatic heterocycles. The summed E-state index contributed by atoms with van der Waals surface area (Å²) in [6, 6.07) is 0. The lowest BCUT2D eigenvalue weighted by molar-refractivity contribution is -0.139.